The van der Waals surface area contributed by atoms with Gasteiger partial charge < -0.3 is 15.4 Å². The Morgan fingerprint density at radius 3 is 3.00 bits per heavy atom. The molecule has 5 heteroatoms. The number of amides is 1. The van der Waals surface area contributed by atoms with E-state index in [0.29, 0.717) is 18.2 Å². The van der Waals surface area contributed by atoms with Gasteiger partial charge >= 0.3 is 0 Å². The molecule has 1 saturated heterocycles. The van der Waals surface area contributed by atoms with Gasteiger partial charge in [-0.3, -0.25) is 4.79 Å². The third kappa shape index (κ3) is 2.66. The van der Waals surface area contributed by atoms with E-state index in [0.717, 1.165) is 17.7 Å². The second-order valence-corrected chi connectivity index (χ2v) is 4.88. The number of hydrogen-bond donors (Lipinski definition) is 1. The van der Waals surface area contributed by atoms with E-state index in [1.54, 1.807) is 11.0 Å². The molecule has 1 aliphatic heterocycles. The Morgan fingerprint density at radius 1 is 1.56 bits per heavy atom. The summed E-state index contributed by atoms with van der Waals surface area (Å²) in [4.78, 5) is 13.8. The van der Waals surface area contributed by atoms with E-state index in [2.05, 4.69) is 0 Å². The maximum Gasteiger partial charge on any atom is 0.253 e. The van der Waals surface area contributed by atoms with Crippen molar-refractivity contribution in [1.29, 1.82) is 0 Å². The highest BCUT2D eigenvalue weighted by atomic mass is 35.5. The maximum atomic E-state index is 12.0. The third-order valence-electron chi connectivity index (χ3n) is 3.09. The van der Waals surface area contributed by atoms with Crippen LogP contribution in [0.5, 0.6) is 0 Å². The fourth-order valence-corrected chi connectivity index (χ4v) is 2.48. The van der Waals surface area contributed by atoms with Crippen molar-refractivity contribution in [2.75, 3.05) is 24.7 Å². The molecule has 0 saturated carbocycles. The average molecular weight is 269 g/mol. The molecule has 18 heavy (non-hydrogen) atoms. The van der Waals surface area contributed by atoms with Gasteiger partial charge in [-0.05, 0) is 43.7 Å². The van der Waals surface area contributed by atoms with Gasteiger partial charge in [0.25, 0.3) is 5.91 Å². The first-order valence-electron chi connectivity index (χ1n) is 5.99. The zero-order valence-electron chi connectivity index (χ0n) is 10.4. The first kappa shape index (κ1) is 13.3. The number of carbonyl (C=O) groups is 1. The van der Waals surface area contributed by atoms with Gasteiger partial charge in [-0.15, -0.1) is 0 Å². The molecular formula is C13H17ClN2O2. The molecule has 0 bridgehead atoms. The van der Waals surface area contributed by atoms with Crippen LogP contribution in [0, 0.1) is 6.92 Å². The van der Waals surface area contributed by atoms with Crippen molar-refractivity contribution in [1.82, 2.24) is 0 Å². The van der Waals surface area contributed by atoms with Crippen LogP contribution in [-0.4, -0.2) is 31.7 Å². The lowest BCUT2D eigenvalue weighted by Gasteiger charge is -2.36. The van der Waals surface area contributed by atoms with Crippen molar-refractivity contribution in [3.63, 3.8) is 0 Å². The fraction of sp³-hybridized carbons (Fsp3) is 0.462. The van der Waals surface area contributed by atoms with Crippen LogP contribution in [0.1, 0.15) is 12.0 Å². The number of aryl methyl sites for hydroxylation is 1. The van der Waals surface area contributed by atoms with Crippen LogP contribution in [0.25, 0.3) is 0 Å². The van der Waals surface area contributed by atoms with Crippen LogP contribution in [0.15, 0.2) is 18.2 Å². The number of nitrogens with two attached hydrogens (primary N) is 1. The summed E-state index contributed by atoms with van der Waals surface area (Å²) in [6, 6.07) is 5.55. The van der Waals surface area contributed by atoms with Crippen LogP contribution < -0.4 is 10.6 Å². The molecule has 0 spiro atoms. The van der Waals surface area contributed by atoms with E-state index < -0.39 is 0 Å². The number of benzene rings is 1. The summed E-state index contributed by atoms with van der Waals surface area (Å²) in [5, 5.41) is 0.673. The van der Waals surface area contributed by atoms with Crippen LogP contribution >= 0.6 is 11.6 Å². The summed E-state index contributed by atoms with van der Waals surface area (Å²) in [6.45, 7) is 3.14. The summed E-state index contributed by atoms with van der Waals surface area (Å²) < 4.78 is 5.29. The number of anilines is 1. The fourth-order valence-electron chi connectivity index (χ4n) is 2.26. The molecule has 1 heterocycles. The summed E-state index contributed by atoms with van der Waals surface area (Å²) in [6.07, 6.45) is 0.730. The van der Waals surface area contributed by atoms with Crippen molar-refractivity contribution in [2.45, 2.75) is 19.4 Å². The van der Waals surface area contributed by atoms with Crippen molar-refractivity contribution >= 4 is 23.2 Å². The number of halogens is 1. The third-order valence-corrected chi connectivity index (χ3v) is 3.32. The smallest absolute Gasteiger partial charge is 0.253 e. The average Bonchev–Trinajstić information content (AvgIpc) is 2.31. The van der Waals surface area contributed by atoms with Gasteiger partial charge in [-0.25, -0.2) is 0 Å². The molecular weight excluding hydrogens is 252 g/mol. The molecule has 0 aliphatic carbocycles. The Bertz CT molecular complexity index is 449. The standard InChI is InChI=1S/C13H17ClN2O2/c1-9-6-10(14)2-3-12(9)16-11(4-5-15)7-18-8-13(16)17/h2-3,6,11H,4-5,7-8,15H2,1H3. The van der Waals surface area contributed by atoms with Crippen molar-refractivity contribution in [2.24, 2.45) is 5.73 Å². The van der Waals surface area contributed by atoms with Gasteiger partial charge in [0.05, 0.1) is 12.6 Å². The molecule has 1 aromatic rings. The van der Waals surface area contributed by atoms with Crippen molar-refractivity contribution in [3.8, 4) is 0 Å². The molecule has 1 fully saturated rings. The van der Waals surface area contributed by atoms with Gasteiger partial charge in [0.15, 0.2) is 0 Å². The Kier molecular flexibility index (Phi) is 4.22. The molecule has 0 radical (unpaired) electrons. The molecule has 98 valence electrons. The molecule has 1 unspecified atom stereocenters. The lowest BCUT2D eigenvalue weighted by atomic mass is 10.1. The lowest BCUT2D eigenvalue weighted by Crippen LogP contribution is -2.50. The molecule has 1 amide bonds. The minimum absolute atomic E-state index is 0.0103. The topological polar surface area (TPSA) is 55.6 Å². The number of morpholine rings is 1. The summed E-state index contributed by atoms with van der Waals surface area (Å²) in [7, 11) is 0. The largest absolute Gasteiger partial charge is 0.369 e. The lowest BCUT2D eigenvalue weighted by molar-refractivity contribution is -0.127. The minimum Gasteiger partial charge on any atom is -0.369 e. The zero-order chi connectivity index (χ0) is 13.1. The molecule has 1 aromatic carbocycles. The zero-order valence-corrected chi connectivity index (χ0v) is 11.1. The Hall–Kier alpha value is -1.10. The van der Waals surface area contributed by atoms with Gasteiger partial charge in [0.2, 0.25) is 0 Å². The maximum absolute atomic E-state index is 12.0. The highest BCUT2D eigenvalue weighted by Gasteiger charge is 2.30. The quantitative estimate of drug-likeness (QED) is 0.908. The van der Waals surface area contributed by atoms with Crippen LogP contribution in [0.2, 0.25) is 5.02 Å². The number of ether oxygens (including phenoxy) is 1. The first-order chi connectivity index (χ1) is 8.63. The van der Waals surface area contributed by atoms with Crippen LogP contribution in [0.3, 0.4) is 0 Å². The first-order valence-corrected chi connectivity index (χ1v) is 6.37. The molecule has 1 aliphatic rings. The van der Waals surface area contributed by atoms with Crippen LogP contribution in [-0.2, 0) is 9.53 Å². The number of hydrogen-bond acceptors (Lipinski definition) is 3. The molecule has 1 atom stereocenters. The van der Waals surface area contributed by atoms with Crippen molar-refractivity contribution in [3.05, 3.63) is 28.8 Å². The number of carbonyl (C=O) groups excluding carboxylic acids is 1. The van der Waals surface area contributed by atoms with E-state index in [4.69, 9.17) is 22.1 Å². The van der Waals surface area contributed by atoms with Gasteiger partial charge in [-0.1, -0.05) is 11.6 Å². The van der Waals surface area contributed by atoms with E-state index in [1.165, 1.54) is 0 Å². The minimum atomic E-state index is -0.0230. The highest BCUT2D eigenvalue weighted by Crippen LogP contribution is 2.27. The predicted molar refractivity (Wildman–Crippen MR) is 72.0 cm³/mol. The van der Waals surface area contributed by atoms with Crippen LogP contribution in [0.4, 0.5) is 5.69 Å². The molecule has 0 aromatic heterocycles. The van der Waals surface area contributed by atoms with Crippen molar-refractivity contribution < 1.29 is 9.53 Å². The second-order valence-electron chi connectivity index (χ2n) is 4.44. The Balaban J connectivity index is 2.34. The second kappa shape index (κ2) is 5.69. The summed E-state index contributed by atoms with van der Waals surface area (Å²) in [5.74, 6) is -0.0230. The molecule has 4 nitrogen and oxygen atoms in total. The molecule has 2 rings (SSSR count). The Morgan fingerprint density at radius 2 is 2.33 bits per heavy atom. The summed E-state index contributed by atoms with van der Waals surface area (Å²) >= 11 is 5.94. The monoisotopic (exact) mass is 268 g/mol. The Labute approximate surface area is 112 Å². The van der Waals surface area contributed by atoms with E-state index >= 15 is 0 Å². The SMILES string of the molecule is Cc1cc(Cl)ccc1N1C(=O)COCC1CCN. The summed E-state index contributed by atoms with van der Waals surface area (Å²) in [5.41, 5.74) is 7.47. The highest BCUT2D eigenvalue weighted by molar-refractivity contribution is 6.30. The van der Waals surface area contributed by atoms with E-state index in [-0.39, 0.29) is 18.6 Å². The molecule has 2 N–H and O–H groups in total. The number of rotatable bonds is 3. The van der Waals surface area contributed by atoms with Gasteiger partial charge in [0.1, 0.15) is 6.61 Å². The number of nitrogens with zero attached hydrogens (tertiary/aromatic N) is 1. The van der Waals surface area contributed by atoms with Gasteiger partial charge in [0, 0.05) is 10.7 Å². The van der Waals surface area contributed by atoms with Gasteiger partial charge in [-0.2, -0.15) is 0 Å². The van der Waals surface area contributed by atoms with E-state index in [1.807, 2.05) is 19.1 Å². The predicted octanol–water partition coefficient (Wildman–Crippen LogP) is 1.73. The van der Waals surface area contributed by atoms with E-state index in [9.17, 15) is 4.79 Å². The normalized spacial score (nSPS) is 20.3.